The van der Waals surface area contributed by atoms with Gasteiger partial charge in [-0.2, -0.15) is 0 Å². The van der Waals surface area contributed by atoms with Gasteiger partial charge in [0.15, 0.2) is 0 Å². The SMILES string of the molecule is CCN(CC)CC(C)(C)CC(C)(C)CNC. The van der Waals surface area contributed by atoms with Crippen LogP contribution in [0.5, 0.6) is 0 Å². The van der Waals surface area contributed by atoms with E-state index in [1.54, 1.807) is 0 Å². The number of nitrogens with zero attached hydrogens (tertiary/aromatic N) is 1. The molecule has 0 aliphatic rings. The van der Waals surface area contributed by atoms with Crippen LogP contribution in [0.25, 0.3) is 0 Å². The average molecular weight is 228 g/mol. The fraction of sp³-hybridized carbons (Fsp3) is 1.00. The van der Waals surface area contributed by atoms with E-state index >= 15 is 0 Å². The third kappa shape index (κ3) is 6.49. The average Bonchev–Trinajstić information content (AvgIpc) is 2.12. The van der Waals surface area contributed by atoms with E-state index < -0.39 is 0 Å². The van der Waals surface area contributed by atoms with E-state index in [4.69, 9.17) is 0 Å². The fourth-order valence-electron chi connectivity index (χ4n) is 2.94. The van der Waals surface area contributed by atoms with Gasteiger partial charge in [0.25, 0.3) is 0 Å². The minimum absolute atomic E-state index is 0.380. The van der Waals surface area contributed by atoms with Gasteiger partial charge in [-0.05, 0) is 43.9 Å². The van der Waals surface area contributed by atoms with Crippen molar-refractivity contribution in [2.24, 2.45) is 10.8 Å². The molecule has 0 fully saturated rings. The molecule has 0 amide bonds. The second-order valence-electron chi connectivity index (χ2n) is 6.50. The summed E-state index contributed by atoms with van der Waals surface area (Å²) < 4.78 is 0. The van der Waals surface area contributed by atoms with Crippen molar-refractivity contribution >= 4 is 0 Å². The molecule has 0 spiro atoms. The Morgan fingerprint density at radius 1 is 0.938 bits per heavy atom. The van der Waals surface area contributed by atoms with E-state index in [-0.39, 0.29) is 0 Å². The minimum atomic E-state index is 0.380. The van der Waals surface area contributed by atoms with Crippen molar-refractivity contribution in [3.8, 4) is 0 Å². The van der Waals surface area contributed by atoms with Crippen LogP contribution < -0.4 is 5.32 Å². The van der Waals surface area contributed by atoms with Crippen LogP contribution in [0.4, 0.5) is 0 Å². The van der Waals surface area contributed by atoms with Crippen molar-refractivity contribution in [2.45, 2.75) is 48.0 Å². The predicted molar refractivity (Wildman–Crippen MR) is 73.9 cm³/mol. The third-order valence-corrected chi connectivity index (χ3v) is 3.16. The molecule has 0 aliphatic heterocycles. The van der Waals surface area contributed by atoms with Crippen LogP contribution >= 0.6 is 0 Å². The summed E-state index contributed by atoms with van der Waals surface area (Å²) in [6.07, 6.45) is 1.26. The maximum atomic E-state index is 3.30. The number of hydrogen-bond acceptors (Lipinski definition) is 2. The monoisotopic (exact) mass is 228 g/mol. The lowest BCUT2D eigenvalue weighted by atomic mass is 9.74. The summed E-state index contributed by atoms with van der Waals surface area (Å²) in [6.45, 7) is 18.6. The molecule has 16 heavy (non-hydrogen) atoms. The molecule has 0 aliphatic carbocycles. The van der Waals surface area contributed by atoms with Gasteiger partial charge < -0.3 is 10.2 Å². The molecule has 0 aromatic rings. The first-order valence-electron chi connectivity index (χ1n) is 6.63. The first-order valence-corrected chi connectivity index (χ1v) is 6.63. The van der Waals surface area contributed by atoms with E-state index in [1.165, 1.54) is 13.0 Å². The maximum absolute atomic E-state index is 3.30. The van der Waals surface area contributed by atoms with E-state index in [2.05, 4.69) is 51.8 Å². The Bertz CT molecular complexity index is 181. The van der Waals surface area contributed by atoms with Crippen LogP contribution in [0.1, 0.15) is 48.0 Å². The summed E-state index contributed by atoms with van der Waals surface area (Å²) in [5.74, 6) is 0. The molecule has 0 unspecified atom stereocenters. The van der Waals surface area contributed by atoms with Crippen molar-refractivity contribution in [2.75, 3.05) is 33.2 Å². The zero-order valence-corrected chi connectivity index (χ0v) is 12.5. The molecule has 2 nitrogen and oxygen atoms in total. The van der Waals surface area contributed by atoms with Crippen LogP contribution in [-0.4, -0.2) is 38.1 Å². The first kappa shape index (κ1) is 15.9. The van der Waals surface area contributed by atoms with Crippen LogP contribution in [0.2, 0.25) is 0 Å². The molecular formula is C14H32N2. The van der Waals surface area contributed by atoms with Crippen LogP contribution in [0, 0.1) is 10.8 Å². The molecule has 0 atom stereocenters. The van der Waals surface area contributed by atoms with Gasteiger partial charge in [0, 0.05) is 6.54 Å². The zero-order valence-electron chi connectivity index (χ0n) is 12.5. The first-order chi connectivity index (χ1) is 7.26. The lowest BCUT2D eigenvalue weighted by Gasteiger charge is -2.38. The maximum Gasteiger partial charge on any atom is 0.00327 e. The molecule has 0 saturated heterocycles. The molecule has 0 heterocycles. The summed E-state index contributed by atoms with van der Waals surface area (Å²) in [7, 11) is 2.04. The van der Waals surface area contributed by atoms with Crippen molar-refractivity contribution in [3.63, 3.8) is 0 Å². The Morgan fingerprint density at radius 2 is 1.44 bits per heavy atom. The highest BCUT2D eigenvalue weighted by Gasteiger charge is 2.29. The van der Waals surface area contributed by atoms with Crippen LogP contribution in [0.15, 0.2) is 0 Å². The molecule has 2 heteroatoms. The minimum Gasteiger partial charge on any atom is -0.319 e. The standard InChI is InChI=1S/C14H32N2/c1-8-16(9-2)12-14(5,6)10-13(3,4)11-15-7/h15H,8-12H2,1-7H3. The normalized spacial score (nSPS) is 13.5. The Balaban J connectivity index is 4.32. The zero-order chi connectivity index (χ0) is 12.8. The van der Waals surface area contributed by atoms with Gasteiger partial charge >= 0.3 is 0 Å². The Kier molecular flexibility index (Phi) is 6.57. The molecular weight excluding hydrogens is 196 g/mol. The third-order valence-electron chi connectivity index (χ3n) is 3.16. The van der Waals surface area contributed by atoms with Gasteiger partial charge in [0.2, 0.25) is 0 Å². The quantitative estimate of drug-likeness (QED) is 0.687. The summed E-state index contributed by atoms with van der Waals surface area (Å²) >= 11 is 0. The Labute approximate surface area is 103 Å². The van der Waals surface area contributed by atoms with Crippen molar-refractivity contribution in [3.05, 3.63) is 0 Å². The highest BCUT2D eigenvalue weighted by Crippen LogP contribution is 2.33. The highest BCUT2D eigenvalue weighted by atomic mass is 15.1. The predicted octanol–water partition coefficient (Wildman–Crippen LogP) is 2.99. The van der Waals surface area contributed by atoms with E-state index in [0.717, 1.165) is 19.6 Å². The van der Waals surface area contributed by atoms with Gasteiger partial charge in [0.05, 0.1) is 0 Å². The fourth-order valence-corrected chi connectivity index (χ4v) is 2.94. The van der Waals surface area contributed by atoms with Gasteiger partial charge in [-0.1, -0.05) is 41.5 Å². The van der Waals surface area contributed by atoms with Crippen molar-refractivity contribution < 1.29 is 0 Å². The van der Waals surface area contributed by atoms with Gasteiger partial charge in [0.1, 0.15) is 0 Å². The van der Waals surface area contributed by atoms with Gasteiger partial charge in [-0.3, -0.25) is 0 Å². The second kappa shape index (κ2) is 6.61. The molecule has 0 rings (SSSR count). The highest BCUT2D eigenvalue weighted by molar-refractivity contribution is 4.82. The molecule has 0 bridgehead atoms. The van der Waals surface area contributed by atoms with Crippen LogP contribution in [-0.2, 0) is 0 Å². The summed E-state index contributed by atoms with van der Waals surface area (Å²) in [5, 5.41) is 3.30. The number of hydrogen-bond donors (Lipinski definition) is 1. The summed E-state index contributed by atoms with van der Waals surface area (Å²) in [6, 6.07) is 0. The number of rotatable bonds is 8. The lowest BCUT2D eigenvalue weighted by molar-refractivity contribution is 0.128. The molecule has 98 valence electrons. The second-order valence-corrected chi connectivity index (χ2v) is 6.50. The van der Waals surface area contributed by atoms with Crippen LogP contribution in [0.3, 0.4) is 0 Å². The van der Waals surface area contributed by atoms with Gasteiger partial charge in [-0.25, -0.2) is 0 Å². The number of nitrogens with one attached hydrogen (secondary N) is 1. The molecule has 0 radical (unpaired) electrons. The molecule has 0 aromatic heterocycles. The lowest BCUT2D eigenvalue weighted by Crippen LogP contribution is -2.39. The Morgan fingerprint density at radius 3 is 1.81 bits per heavy atom. The summed E-state index contributed by atoms with van der Waals surface area (Å²) in [5.41, 5.74) is 0.776. The topological polar surface area (TPSA) is 15.3 Å². The van der Waals surface area contributed by atoms with Gasteiger partial charge in [-0.15, -0.1) is 0 Å². The summed E-state index contributed by atoms with van der Waals surface area (Å²) in [4.78, 5) is 2.52. The van der Waals surface area contributed by atoms with E-state index in [9.17, 15) is 0 Å². The Hall–Kier alpha value is -0.0800. The van der Waals surface area contributed by atoms with Crippen molar-refractivity contribution in [1.82, 2.24) is 10.2 Å². The van der Waals surface area contributed by atoms with E-state index in [0.29, 0.717) is 10.8 Å². The largest absolute Gasteiger partial charge is 0.319 e. The van der Waals surface area contributed by atoms with E-state index in [1.807, 2.05) is 7.05 Å². The molecule has 1 N–H and O–H groups in total. The molecule has 0 aromatic carbocycles. The van der Waals surface area contributed by atoms with Crippen molar-refractivity contribution in [1.29, 1.82) is 0 Å². The smallest absolute Gasteiger partial charge is 0.00327 e. The molecule has 0 saturated carbocycles.